The minimum atomic E-state index is 0.299. The zero-order valence-electron chi connectivity index (χ0n) is 9.65. The average molecular weight is 262 g/mol. The molecule has 1 aliphatic heterocycles. The van der Waals surface area contributed by atoms with Gasteiger partial charge in [0.25, 0.3) is 0 Å². The number of hydrogen-bond donors (Lipinski definition) is 1. The Kier molecular flexibility index (Phi) is 2.99. The largest absolute Gasteiger partial charge is 0.454 e. The molecule has 4 heteroatoms. The number of nitrogens with one attached hydrogen (secondary N) is 1. The molecular formula is C14H12ClNO2. The number of halogens is 1. The lowest BCUT2D eigenvalue weighted by Crippen LogP contribution is -2.01. The summed E-state index contributed by atoms with van der Waals surface area (Å²) >= 11 is 5.84. The molecule has 2 aromatic carbocycles. The molecule has 0 fully saturated rings. The highest BCUT2D eigenvalue weighted by atomic mass is 35.5. The third-order valence-corrected chi connectivity index (χ3v) is 3.06. The zero-order chi connectivity index (χ0) is 12.4. The summed E-state index contributed by atoms with van der Waals surface area (Å²) in [4.78, 5) is 0. The van der Waals surface area contributed by atoms with E-state index in [1.54, 1.807) is 0 Å². The van der Waals surface area contributed by atoms with Crippen LogP contribution in [-0.2, 0) is 6.54 Å². The fourth-order valence-corrected chi connectivity index (χ4v) is 2.02. The SMILES string of the molecule is Clc1ccc(NCc2cccc3c2OCO3)cc1. The van der Waals surface area contributed by atoms with E-state index in [1.807, 2.05) is 42.5 Å². The molecule has 0 bridgehead atoms. The zero-order valence-corrected chi connectivity index (χ0v) is 10.4. The summed E-state index contributed by atoms with van der Waals surface area (Å²) in [5, 5.41) is 4.06. The van der Waals surface area contributed by atoms with Crippen molar-refractivity contribution in [2.24, 2.45) is 0 Å². The van der Waals surface area contributed by atoms with Crippen LogP contribution in [0.3, 0.4) is 0 Å². The number of rotatable bonds is 3. The molecule has 18 heavy (non-hydrogen) atoms. The lowest BCUT2D eigenvalue weighted by Gasteiger charge is -2.08. The van der Waals surface area contributed by atoms with Gasteiger partial charge >= 0.3 is 0 Å². The van der Waals surface area contributed by atoms with Crippen LogP contribution in [0.25, 0.3) is 0 Å². The maximum atomic E-state index is 5.84. The Morgan fingerprint density at radius 2 is 1.89 bits per heavy atom. The molecule has 0 spiro atoms. The van der Waals surface area contributed by atoms with E-state index < -0.39 is 0 Å². The van der Waals surface area contributed by atoms with Crippen molar-refractivity contribution >= 4 is 17.3 Å². The van der Waals surface area contributed by atoms with Crippen LogP contribution < -0.4 is 14.8 Å². The van der Waals surface area contributed by atoms with Gasteiger partial charge in [-0.25, -0.2) is 0 Å². The van der Waals surface area contributed by atoms with E-state index in [2.05, 4.69) is 5.32 Å². The van der Waals surface area contributed by atoms with Gasteiger partial charge in [0.15, 0.2) is 11.5 Å². The Morgan fingerprint density at radius 1 is 1.06 bits per heavy atom. The van der Waals surface area contributed by atoms with Crippen LogP contribution in [0.5, 0.6) is 11.5 Å². The molecule has 0 atom stereocenters. The number of anilines is 1. The first kappa shape index (κ1) is 11.2. The van der Waals surface area contributed by atoms with E-state index in [0.717, 1.165) is 27.8 Å². The summed E-state index contributed by atoms with van der Waals surface area (Å²) in [6.07, 6.45) is 0. The minimum Gasteiger partial charge on any atom is -0.454 e. The minimum absolute atomic E-state index is 0.299. The second-order valence-electron chi connectivity index (χ2n) is 4.01. The Bertz CT molecular complexity index is 554. The number of para-hydroxylation sites is 1. The van der Waals surface area contributed by atoms with Gasteiger partial charge < -0.3 is 14.8 Å². The summed E-state index contributed by atoms with van der Waals surface area (Å²) in [5.74, 6) is 1.64. The van der Waals surface area contributed by atoms with Gasteiger partial charge in [-0.3, -0.25) is 0 Å². The molecule has 0 aromatic heterocycles. The maximum absolute atomic E-state index is 5.84. The predicted octanol–water partition coefficient (Wildman–Crippen LogP) is 3.68. The van der Waals surface area contributed by atoms with Crippen LogP contribution in [0.15, 0.2) is 42.5 Å². The maximum Gasteiger partial charge on any atom is 0.231 e. The van der Waals surface area contributed by atoms with Gasteiger partial charge in [-0.15, -0.1) is 0 Å². The van der Waals surface area contributed by atoms with Crippen molar-refractivity contribution in [3.05, 3.63) is 53.1 Å². The second kappa shape index (κ2) is 4.78. The Morgan fingerprint density at radius 3 is 2.72 bits per heavy atom. The molecule has 1 heterocycles. The Labute approximate surface area is 110 Å². The molecule has 0 unspecified atom stereocenters. The quantitative estimate of drug-likeness (QED) is 0.914. The molecule has 3 rings (SSSR count). The summed E-state index contributed by atoms with van der Waals surface area (Å²) in [6, 6.07) is 13.5. The fraction of sp³-hybridized carbons (Fsp3) is 0.143. The van der Waals surface area contributed by atoms with Crippen molar-refractivity contribution in [2.45, 2.75) is 6.54 Å². The highest BCUT2D eigenvalue weighted by Gasteiger charge is 2.16. The first-order chi connectivity index (χ1) is 8.83. The third-order valence-electron chi connectivity index (χ3n) is 2.81. The van der Waals surface area contributed by atoms with Crippen molar-refractivity contribution in [1.29, 1.82) is 0 Å². The normalized spacial score (nSPS) is 12.5. The van der Waals surface area contributed by atoms with Crippen molar-refractivity contribution in [1.82, 2.24) is 0 Å². The molecule has 2 aromatic rings. The standard InChI is InChI=1S/C14H12ClNO2/c15-11-4-6-12(7-5-11)16-8-10-2-1-3-13-14(10)18-9-17-13/h1-7,16H,8-9H2. The fourth-order valence-electron chi connectivity index (χ4n) is 1.89. The second-order valence-corrected chi connectivity index (χ2v) is 4.45. The van der Waals surface area contributed by atoms with E-state index >= 15 is 0 Å². The Balaban J connectivity index is 1.74. The molecule has 0 amide bonds. The predicted molar refractivity (Wildman–Crippen MR) is 71.3 cm³/mol. The first-order valence-electron chi connectivity index (χ1n) is 5.70. The monoisotopic (exact) mass is 261 g/mol. The van der Waals surface area contributed by atoms with E-state index in [1.165, 1.54) is 0 Å². The molecule has 0 saturated heterocycles. The number of hydrogen-bond acceptors (Lipinski definition) is 3. The lowest BCUT2D eigenvalue weighted by atomic mass is 10.2. The van der Waals surface area contributed by atoms with Gasteiger partial charge in [-0.2, -0.15) is 0 Å². The van der Waals surface area contributed by atoms with E-state index in [0.29, 0.717) is 13.3 Å². The number of fused-ring (bicyclic) bond motifs is 1. The van der Waals surface area contributed by atoms with Gasteiger partial charge in [0, 0.05) is 22.8 Å². The smallest absolute Gasteiger partial charge is 0.231 e. The summed E-state index contributed by atoms with van der Waals surface area (Å²) in [7, 11) is 0. The van der Waals surface area contributed by atoms with Gasteiger partial charge in [0.2, 0.25) is 6.79 Å². The van der Waals surface area contributed by atoms with Crippen molar-refractivity contribution in [3.63, 3.8) is 0 Å². The van der Waals surface area contributed by atoms with Crippen LogP contribution in [0.4, 0.5) is 5.69 Å². The molecule has 3 nitrogen and oxygen atoms in total. The third kappa shape index (κ3) is 2.22. The molecule has 0 aliphatic carbocycles. The topological polar surface area (TPSA) is 30.5 Å². The van der Waals surface area contributed by atoms with Gasteiger partial charge in [-0.05, 0) is 30.3 Å². The summed E-state index contributed by atoms with van der Waals surface area (Å²) in [5.41, 5.74) is 2.11. The van der Waals surface area contributed by atoms with E-state index in [-0.39, 0.29) is 0 Å². The first-order valence-corrected chi connectivity index (χ1v) is 6.08. The number of ether oxygens (including phenoxy) is 2. The molecule has 0 radical (unpaired) electrons. The lowest BCUT2D eigenvalue weighted by molar-refractivity contribution is 0.173. The van der Waals surface area contributed by atoms with Crippen LogP contribution in [0.2, 0.25) is 5.02 Å². The summed E-state index contributed by atoms with van der Waals surface area (Å²) < 4.78 is 10.8. The van der Waals surface area contributed by atoms with E-state index in [9.17, 15) is 0 Å². The van der Waals surface area contributed by atoms with Gasteiger partial charge in [-0.1, -0.05) is 23.7 Å². The molecule has 1 N–H and O–H groups in total. The van der Waals surface area contributed by atoms with Gasteiger partial charge in [0.1, 0.15) is 0 Å². The van der Waals surface area contributed by atoms with Crippen molar-refractivity contribution in [2.75, 3.05) is 12.1 Å². The van der Waals surface area contributed by atoms with Crippen molar-refractivity contribution < 1.29 is 9.47 Å². The van der Waals surface area contributed by atoms with E-state index in [4.69, 9.17) is 21.1 Å². The highest BCUT2D eigenvalue weighted by molar-refractivity contribution is 6.30. The van der Waals surface area contributed by atoms with Crippen LogP contribution in [0, 0.1) is 0 Å². The molecule has 0 saturated carbocycles. The molecule has 1 aliphatic rings. The Hall–Kier alpha value is -1.87. The molecule has 92 valence electrons. The van der Waals surface area contributed by atoms with Crippen molar-refractivity contribution in [3.8, 4) is 11.5 Å². The van der Waals surface area contributed by atoms with Crippen LogP contribution in [-0.4, -0.2) is 6.79 Å². The molecular weight excluding hydrogens is 250 g/mol. The van der Waals surface area contributed by atoms with Crippen LogP contribution >= 0.6 is 11.6 Å². The summed E-state index contributed by atoms with van der Waals surface area (Å²) in [6.45, 7) is 0.988. The van der Waals surface area contributed by atoms with Gasteiger partial charge in [0.05, 0.1) is 0 Å². The van der Waals surface area contributed by atoms with Crippen LogP contribution in [0.1, 0.15) is 5.56 Å². The number of benzene rings is 2. The highest BCUT2D eigenvalue weighted by Crippen LogP contribution is 2.35. The average Bonchev–Trinajstić information content (AvgIpc) is 2.87.